The minimum atomic E-state index is 0. The van der Waals surface area contributed by atoms with Crippen LogP contribution in [0.4, 0.5) is 0 Å². The molecule has 1 aliphatic heterocycles. The Morgan fingerprint density at radius 2 is 2.17 bits per heavy atom. The molecule has 12 heavy (non-hydrogen) atoms. The fourth-order valence-electron chi connectivity index (χ4n) is 1.64. The summed E-state index contributed by atoms with van der Waals surface area (Å²) in [6.07, 6.45) is 4.40. The number of amides is 1. The molecule has 1 unspecified atom stereocenters. The molecular weight excluding hydrogens is 224 g/mol. The molecule has 1 fully saturated rings. The average Bonchev–Trinajstić information content (AvgIpc) is 2.05. The van der Waals surface area contributed by atoms with E-state index in [0.717, 1.165) is 19.5 Å². The maximum atomic E-state index is 10.3. The van der Waals surface area contributed by atoms with Gasteiger partial charge in [0.25, 0.3) is 0 Å². The summed E-state index contributed by atoms with van der Waals surface area (Å²) in [5, 5.41) is 0. The molecule has 0 aromatic rings. The van der Waals surface area contributed by atoms with Crippen LogP contribution in [0.25, 0.3) is 0 Å². The van der Waals surface area contributed by atoms with Gasteiger partial charge in [-0.3, -0.25) is 0 Å². The van der Waals surface area contributed by atoms with E-state index < -0.39 is 0 Å². The smallest absolute Gasteiger partial charge is 0.520 e. The Morgan fingerprint density at radius 3 is 2.67 bits per heavy atom. The van der Waals surface area contributed by atoms with Crippen LogP contribution in [0.3, 0.4) is 0 Å². The maximum Gasteiger partial charge on any atom is 1.00 e. The molecule has 1 rings (SSSR count). The molecule has 0 N–H and O–H groups in total. The molecule has 1 atom stereocenters. The van der Waals surface area contributed by atoms with Crippen molar-refractivity contribution in [2.45, 2.75) is 26.7 Å². The van der Waals surface area contributed by atoms with Crippen molar-refractivity contribution < 1.29 is 63.0 Å². The quantitative estimate of drug-likeness (QED) is 0.533. The van der Waals surface area contributed by atoms with Crippen LogP contribution >= 0.6 is 0 Å². The zero-order chi connectivity index (χ0) is 8.27. The second kappa shape index (κ2) is 6.69. The van der Waals surface area contributed by atoms with Crippen LogP contribution < -0.4 is 58.2 Å². The molecule has 0 aromatic carbocycles. The standard InChI is InChI=1S/C9H16NO.Rb/c1-8(2)9-4-3-5-10(6-9)7-11;/h8-9H,3-6H2,1-2H3;/q-1;+1. The van der Waals surface area contributed by atoms with E-state index in [1.54, 1.807) is 4.90 Å². The number of likely N-dealkylation sites (tertiary alicyclic amines) is 1. The Balaban J connectivity index is 0.00000121. The average molecular weight is 240 g/mol. The SMILES string of the molecule is CC(C)C1CCCN([C-]=O)C1.[Rb+]. The van der Waals surface area contributed by atoms with E-state index in [1.165, 1.54) is 6.42 Å². The van der Waals surface area contributed by atoms with Gasteiger partial charge in [0.2, 0.25) is 0 Å². The molecule has 0 radical (unpaired) electrons. The fourth-order valence-corrected chi connectivity index (χ4v) is 1.64. The third-order valence-electron chi connectivity index (χ3n) is 2.53. The summed E-state index contributed by atoms with van der Waals surface area (Å²) in [6, 6.07) is 0. The molecule has 3 heteroatoms. The van der Waals surface area contributed by atoms with Crippen LogP contribution in [0.1, 0.15) is 26.7 Å². The second-order valence-corrected chi connectivity index (χ2v) is 3.68. The Hall–Kier alpha value is 1.28. The van der Waals surface area contributed by atoms with Gasteiger partial charge in [0.05, 0.1) is 0 Å². The van der Waals surface area contributed by atoms with Gasteiger partial charge >= 0.3 is 58.2 Å². The third kappa shape index (κ3) is 3.99. The van der Waals surface area contributed by atoms with Crippen LogP contribution in [0, 0.1) is 11.8 Å². The molecule has 0 aliphatic carbocycles. The van der Waals surface area contributed by atoms with E-state index in [1.807, 2.05) is 6.41 Å². The van der Waals surface area contributed by atoms with Gasteiger partial charge in [-0.15, -0.1) is 0 Å². The largest absolute Gasteiger partial charge is 1.00 e. The molecule has 0 aromatic heterocycles. The van der Waals surface area contributed by atoms with Gasteiger partial charge in [-0.05, 0) is 37.8 Å². The summed E-state index contributed by atoms with van der Waals surface area (Å²) < 4.78 is 0. The van der Waals surface area contributed by atoms with Crippen LogP contribution in [0.5, 0.6) is 0 Å². The molecule has 0 spiro atoms. The van der Waals surface area contributed by atoms with Crippen molar-refractivity contribution in [3.05, 3.63) is 0 Å². The van der Waals surface area contributed by atoms with Crippen LogP contribution in [-0.2, 0) is 4.79 Å². The molecule has 64 valence electrons. The summed E-state index contributed by atoms with van der Waals surface area (Å²) in [5.74, 6) is 1.40. The molecule has 1 heterocycles. The van der Waals surface area contributed by atoms with E-state index >= 15 is 0 Å². The number of piperidine rings is 1. The number of rotatable bonds is 2. The molecule has 0 saturated carbocycles. The van der Waals surface area contributed by atoms with Gasteiger partial charge in [0.15, 0.2) is 0 Å². The zero-order valence-electron chi connectivity index (χ0n) is 8.34. The predicted molar refractivity (Wildman–Crippen MR) is 44.8 cm³/mol. The van der Waals surface area contributed by atoms with Crippen molar-refractivity contribution >= 4 is 6.41 Å². The summed E-state index contributed by atoms with van der Waals surface area (Å²) >= 11 is 0. The normalized spacial score (nSPS) is 23.6. The first-order valence-corrected chi connectivity index (χ1v) is 4.36. The Labute approximate surface area is 124 Å². The van der Waals surface area contributed by atoms with Gasteiger partial charge in [0.1, 0.15) is 0 Å². The molecule has 2 nitrogen and oxygen atoms in total. The first-order chi connectivity index (χ1) is 5.24. The third-order valence-corrected chi connectivity index (χ3v) is 2.53. The summed E-state index contributed by atoms with van der Waals surface area (Å²) in [6.45, 7) is 6.27. The number of hydrogen-bond donors (Lipinski definition) is 0. The van der Waals surface area contributed by atoms with E-state index in [4.69, 9.17) is 0 Å². The first-order valence-electron chi connectivity index (χ1n) is 4.36. The molecule has 1 saturated heterocycles. The van der Waals surface area contributed by atoms with Gasteiger partial charge in [-0.2, -0.15) is 6.41 Å². The van der Waals surface area contributed by atoms with E-state index in [-0.39, 0.29) is 58.2 Å². The van der Waals surface area contributed by atoms with Gasteiger partial charge in [-0.25, -0.2) is 0 Å². The Morgan fingerprint density at radius 1 is 1.50 bits per heavy atom. The molecule has 1 amide bonds. The van der Waals surface area contributed by atoms with Crippen LogP contribution in [-0.4, -0.2) is 24.4 Å². The van der Waals surface area contributed by atoms with Gasteiger partial charge in [0, 0.05) is 0 Å². The molecular formula is C9H16NORb. The van der Waals surface area contributed by atoms with Crippen LogP contribution in [0.15, 0.2) is 0 Å². The van der Waals surface area contributed by atoms with E-state index in [9.17, 15) is 4.79 Å². The van der Waals surface area contributed by atoms with Crippen molar-refractivity contribution in [3.8, 4) is 0 Å². The van der Waals surface area contributed by atoms with Crippen molar-refractivity contribution in [1.29, 1.82) is 0 Å². The van der Waals surface area contributed by atoms with Crippen molar-refractivity contribution in [2.24, 2.45) is 11.8 Å². The van der Waals surface area contributed by atoms with Gasteiger partial charge in [-0.1, -0.05) is 13.8 Å². The van der Waals surface area contributed by atoms with Crippen molar-refractivity contribution in [3.63, 3.8) is 0 Å². The van der Waals surface area contributed by atoms with Crippen molar-refractivity contribution in [2.75, 3.05) is 13.1 Å². The number of hydrogen-bond acceptors (Lipinski definition) is 1. The Bertz CT molecular complexity index is 138. The van der Waals surface area contributed by atoms with Crippen LogP contribution in [0.2, 0.25) is 0 Å². The number of nitrogens with zero attached hydrogens (tertiary/aromatic N) is 1. The van der Waals surface area contributed by atoms with E-state index in [0.29, 0.717) is 11.8 Å². The first kappa shape index (κ1) is 13.3. The monoisotopic (exact) mass is 239 g/mol. The maximum absolute atomic E-state index is 10.3. The van der Waals surface area contributed by atoms with E-state index in [2.05, 4.69) is 13.8 Å². The molecule has 1 aliphatic rings. The fraction of sp³-hybridized carbons (Fsp3) is 0.889. The number of carbonyl (C=O) groups excluding carboxylic acids is 1. The second-order valence-electron chi connectivity index (χ2n) is 3.68. The van der Waals surface area contributed by atoms with Gasteiger partial charge < -0.3 is 9.69 Å². The summed E-state index contributed by atoms with van der Waals surface area (Å²) in [4.78, 5) is 12.1. The topological polar surface area (TPSA) is 20.3 Å². The minimum absolute atomic E-state index is 0. The Kier molecular flexibility index (Phi) is 7.40. The summed E-state index contributed by atoms with van der Waals surface area (Å²) in [5.41, 5.74) is 0. The minimum Gasteiger partial charge on any atom is -0.520 e. The zero-order valence-corrected chi connectivity index (χ0v) is 13.3. The summed E-state index contributed by atoms with van der Waals surface area (Å²) in [7, 11) is 0. The molecule has 0 bridgehead atoms. The van der Waals surface area contributed by atoms with Crippen molar-refractivity contribution in [1.82, 2.24) is 4.90 Å². The predicted octanol–water partition coefficient (Wildman–Crippen LogP) is -1.57.